The van der Waals surface area contributed by atoms with Gasteiger partial charge in [-0.3, -0.25) is 0 Å². The maximum Gasteiger partial charge on any atom is 0.336 e. The first-order chi connectivity index (χ1) is 14.8. The molecule has 0 saturated heterocycles. The van der Waals surface area contributed by atoms with Crippen molar-refractivity contribution in [1.29, 1.82) is 0 Å². The normalized spacial score (nSPS) is 10.6. The lowest BCUT2D eigenvalue weighted by atomic mass is 10.1. The number of halogens is 3. The zero-order valence-electron chi connectivity index (χ0n) is 16.8. The Morgan fingerprint density at radius 1 is 1.06 bits per heavy atom. The van der Waals surface area contributed by atoms with Crippen molar-refractivity contribution in [2.45, 2.75) is 20.1 Å². The van der Waals surface area contributed by atoms with Gasteiger partial charge >= 0.3 is 5.97 Å². The van der Waals surface area contributed by atoms with E-state index in [-0.39, 0.29) is 12.2 Å². The summed E-state index contributed by atoms with van der Waals surface area (Å²) < 4.78 is 11.3. The molecule has 0 aliphatic carbocycles. The van der Waals surface area contributed by atoms with E-state index in [1.54, 1.807) is 43.3 Å². The van der Waals surface area contributed by atoms with Crippen molar-refractivity contribution >= 4 is 46.5 Å². The fourth-order valence-electron chi connectivity index (χ4n) is 3.06. The average Bonchev–Trinajstić information content (AvgIpc) is 2.72. The van der Waals surface area contributed by atoms with Crippen molar-refractivity contribution in [3.05, 3.63) is 85.9 Å². The van der Waals surface area contributed by atoms with Crippen LogP contribution in [0.2, 0.25) is 15.1 Å². The number of methoxy groups -OCH3 is 1. The molecule has 0 spiro atoms. The number of carbonyl (C=O) groups is 1. The number of aromatic carboxylic acids is 1. The molecule has 31 heavy (non-hydrogen) atoms. The zero-order chi connectivity index (χ0) is 22.5. The Morgan fingerprint density at radius 2 is 1.84 bits per heavy atom. The Kier molecular flexibility index (Phi) is 7.55. The third-order valence-electron chi connectivity index (χ3n) is 4.72. The van der Waals surface area contributed by atoms with Gasteiger partial charge in [0, 0.05) is 27.8 Å². The number of anilines is 1. The van der Waals surface area contributed by atoms with Crippen LogP contribution >= 0.6 is 34.8 Å². The summed E-state index contributed by atoms with van der Waals surface area (Å²) in [6.07, 6.45) is 0. The minimum atomic E-state index is -0.965. The Hall–Kier alpha value is -2.60. The van der Waals surface area contributed by atoms with Gasteiger partial charge in [0.25, 0.3) is 0 Å². The van der Waals surface area contributed by atoms with Crippen LogP contribution in [-0.2, 0) is 13.2 Å². The van der Waals surface area contributed by atoms with Gasteiger partial charge in [-0.25, -0.2) is 4.79 Å². The molecule has 0 heterocycles. The molecular formula is C23H20Cl3NO4. The molecule has 5 nitrogen and oxygen atoms in total. The summed E-state index contributed by atoms with van der Waals surface area (Å²) >= 11 is 18.6. The SMILES string of the molecule is COc1cc(CNc2cccc(C(=O)O)c2C)cc(Cl)c1OCc1ccc(Cl)cc1Cl. The number of benzene rings is 3. The van der Waals surface area contributed by atoms with E-state index in [0.717, 1.165) is 16.8 Å². The second kappa shape index (κ2) is 10.1. The van der Waals surface area contributed by atoms with Crippen molar-refractivity contribution in [3.8, 4) is 11.5 Å². The van der Waals surface area contributed by atoms with Crippen LogP contribution in [0.15, 0.2) is 48.5 Å². The molecule has 8 heteroatoms. The first kappa shape index (κ1) is 23.1. The summed E-state index contributed by atoms with van der Waals surface area (Å²) in [5, 5.41) is 14.0. The highest BCUT2D eigenvalue weighted by Crippen LogP contribution is 2.37. The molecule has 2 N–H and O–H groups in total. The predicted octanol–water partition coefficient (Wildman–Crippen LogP) is 6.85. The van der Waals surface area contributed by atoms with E-state index in [0.29, 0.717) is 38.7 Å². The van der Waals surface area contributed by atoms with Crippen LogP contribution in [-0.4, -0.2) is 18.2 Å². The number of carboxylic acids is 1. The lowest BCUT2D eigenvalue weighted by Crippen LogP contribution is -2.06. The molecule has 3 aromatic carbocycles. The molecule has 0 radical (unpaired) electrons. The highest BCUT2D eigenvalue weighted by molar-refractivity contribution is 6.35. The minimum absolute atomic E-state index is 0.199. The van der Waals surface area contributed by atoms with Crippen molar-refractivity contribution in [2.75, 3.05) is 12.4 Å². The zero-order valence-corrected chi connectivity index (χ0v) is 19.1. The molecule has 3 rings (SSSR count). The summed E-state index contributed by atoms with van der Waals surface area (Å²) in [5.74, 6) is -0.0819. The maximum atomic E-state index is 11.3. The molecule has 0 bridgehead atoms. The topological polar surface area (TPSA) is 67.8 Å². The second-order valence-corrected chi connectivity index (χ2v) is 8.02. The lowest BCUT2D eigenvalue weighted by molar-refractivity contribution is 0.0696. The highest BCUT2D eigenvalue weighted by Gasteiger charge is 2.14. The molecule has 0 saturated carbocycles. The standard InChI is InChI=1S/C23H20Cl3NO4/c1-13-17(23(28)29)4-3-5-20(13)27-11-14-8-19(26)22(21(9-14)30-2)31-12-15-6-7-16(24)10-18(15)25/h3-10,27H,11-12H2,1-2H3,(H,28,29). The Bertz CT molecular complexity index is 1120. The molecule has 0 aliphatic rings. The Labute approximate surface area is 195 Å². The predicted molar refractivity (Wildman–Crippen MR) is 124 cm³/mol. The fourth-order valence-corrected chi connectivity index (χ4v) is 3.81. The summed E-state index contributed by atoms with van der Waals surface area (Å²) in [6.45, 7) is 2.38. The summed E-state index contributed by atoms with van der Waals surface area (Å²) in [7, 11) is 1.53. The van der Waals surface area contributed by atoms with Gasteiger partial charge in [-0.15, -0.1) is 0 Å². The van der Waals surface area contributed by atoms with Crippen LogP contribution in [0.25, 0.3) is 0 Å². The van der Waals surface area contributed by atoms with Gasteiger partial charge in [0.2, 0.25) is 0 Å². The molecule has 0 unspecified atom stereocenters. The average molecular weight is 481 g/mol. The quantitative estimate of drug-likeness (QED) is 0.369. The maximum absolute atomic E-state index is 11.3. The Balaban J connectivity index is 1.76. The van der Waals surface area contributed by atoms with Gasteiger partial charge in [-0.2, -0.15) is 0 Å². The van der Waals surface area contributed by atoms with Gasteiger partial charge in [0.05, 0.1) is 17.7 Å². The first-order valence-electron chi connectivity index (χ1n) is 9.30. The van der Waals surface area contributed by atoms with Crippen molar-refractivity contribution in [2.24, 2.45) is 0 Å². The van der Waals surface area contributed by atoms with Gasteiger partial charge in [0.1, 0.15) is 6.61 Å². The third kappa shape index (κ3) is 5.56. The molecule has 0 aliphatic heterocycles. The number of carboxylic acid groups (broad SMARTS) is 1. The highest BCUT2D eigenvalue weighted by atomic mass is 35.5. The number of rotatable bonds is 8. The molecule has 0 aromatic heterocycles. The number of hydrogen-bond donors (Lipinski definition) is 2. The summed E-state index contributed by atoms with van der Waals surface area (Å²) in [5.41, 5.74) is 3.26. The molecule has 3 aromatic rings. The first-order valence-corrected chi connectivity index (χ1v) is 10.4. The van der Waals surface area contributed by atoms with E-state index in [2.05, 4.69) is 5.32 Å². The van der Waals surface area contributed by atoms with E-state index < -0.39 is 5.97 Å². The minimum Gasteiger partial charge on any atom is -0.493 e. The van der Waals surface area contributed by atoms with Gasteiger partial charge < -0.3 is 19.9 Å². The molecule has 0 fully saturated rings. The molecule has 0 atom stereocenters. The lowest BCUT2D eigenvalue weighted by Gasteiger charge is -2.16. The van der Waals surface area contributed by atoms with Crippen LogP contribution in [0, 0.1) is 6.92 Å². The van der Waals surface area contributed by atoms with Crippen LogP contribution in [0.3, 0.4) is 0 Å². The van der Waals surface area contributed by atoms with Gasteiger partial charge in [0.15, 0.2) is 11.5 Å². The number of nitrogens with one attached hydrogen (secondary N) is 1. The summed E-state index contributed by atoms with van der Waals surface area (Å²) in [4.78, 5) is 11.3. The van der Waals surface area contributed by atoms with E-state index in [1.807, 2.05) is 12.1 Å². The summed E-state index contributed by atoms with van der Waals surface area (Å²) in [6, 6.07) is 13.9. The number of hydrogen-bond acceptors (Lipinski definition) is 4. The van der Waals surface area contributed by atoms with Crippen molar-refractivity contribution in [1.82, 2.24) is 0 Å². The van der Waals surface area contributed by atoms with Crippen LogP contribution in [0.4, 0.5) is 5.69 Å². The van der Waals surface area contributed by atoms with Crippen molar-refractivity contribution < 1.29 is 19.4 Å². The van der Waals surface area contributed by atoms with E-state index >= 15 is 0 Å². The van der Waals surface area contributed by atoms with E-state index in [1.165, 1.54) is 7.11 Å². The van der Waals surface area contributed by atoms with Gasteiger partial charge in [-0.05, 0) is 54.4 Å². The Morgan fingerprint density at radius 3 is 2.52 bits per heavy atom. The third-order valence-corrected chi connectivity index (χ3v) is 5.59. The van der Waals surface area contributed by atoms with Crippen molar-refractivity contribution in [3.63, 3.8) is 0 Å². The van der Waals surface area contributed by atoms with E-state index in [9.17, 15) is 9.90 Å². The molecular weight excluding hydrogens is 461 g/mol. The van der Waals surface area contributed by atoms with E-state index in [4.69, 9.17) is 44.3 Å². The van der Waals surface area contributed by atoms with Crippen LogP contribution in [0.5, 0.6) is 11.5 Å². The smallest absolute Gasteiger partial charge is 0.336 e. The second-order valence-electron chi connectivity index (χ2n) is 6.77. The van der Waals surface area contributed by atoms with Crippen LogP contribution in [0.1, 0.15) is 27.0 Å². The fraction of sp³-hybridized carbons (Fsp3) is 0.174. The monoisotopic (exact) mass is 479 g/mol. The number of ether oxygens (including phenoxy) is 2. The van der Waals surface area contributed by atoms with Gasteiger partial charge in [-0.1, -0.05) is 46.9 Å². The largest absolute Gasteiger partial charge is 0.493 e. The van der Waals surface area contributed by atoms with Crippen LogP contribution < -0.4 is 14.8 Å². The molecule has 0 amide bonds. The molecule has 162 valence electrons.